The van der Waals surface area contributed by atoms with E-state index in [-0.39, 0.29) is 11.9 Å². The number of piperidine rings is 1. The molecular formula is C21H23ClN6O2. The van der Waals surface area contributed by atoms with Crippen LogP contribution in [0, 0.1) is 5.92 Å². The zero-order valence-corrected chi connectivity index (χ0v) is 17.4. The number of hydrogen-bond donors (Lipinski definition) is 2. The molecule has 2 atom stereocenters. The molecule has 0 saturated carbocycles. The summed E-state index contributed by atoms with van der Waals surface area (Å²) in [4.78, 5) is 14.4. The van der Waals surface area contributed by atoms with Crippen molar-refractivity contribution in [1.29, 1.82) is 0 Å². The molecule has 9 heteroatoms. The fourth-order valence-electron chi connectivity index (χ4n) is 4.94. The van der Waals surface area contributed by atoms with Crippen molar-refractivity contribution in [2.75, 3.05) is 13.1 Å². The average Bonchev–Trinajstić information content (AvgIpc) is 3.29. The van der Waals surface area contributed by atoms with Crippen LogP contribution in [0.3, 0.4) is 0 Å². The molecule has 4 heterocycles. The van der Waals surface area contributed by atoms with Gasteiger partial charge >= 0.3 is 6.03 Å². The highest BCUT2D eigenvalue weighted by Gasteiger charge is 2.50. The summed E-state index contributed by atoms with van der Waals surface area (Å²) < 4.78 is 1.97. The molecule has 2 N–H and O–H groups in total. The number of aliphatic hydroxyl groups excluding tert-OH is 1. The minimum absolute atomic E-state index is 0.0843. The molecule has 1 fully saturated rings. The maximum Gasteiger partial charge on any atom is 0.317 e. The Morgan fingerprint density at radius 1 is 1.30 bits per heavy atom. The number of nitrogens with zero attached hydrogens (tertiary/aromatic N) is 5. The maximum atomic E-state index is 12.6. The van der Waals surface area contributed by atoms with Crippen LogP contribution >= 0.6 is 11.6 Å². The monoisotopic (exact) mass is 426 g/mol. The van der Waals surface area contributed by atoms with E-state index in [1.54, 1.807) is 12.4 Å². The van der Waals surface area contributed by atoms with Gasteiger partial charge in [0.15, 0.2) is 0 Å². The molecule has 2 amide bonds. The van der Waals surface area contributed by atoms with Gasteiger partial charge < -0.3 is 15.3 Å². The molecule has 0 aliphatic carbocycles. The number of urea groups is 1. The lowest BCUT2D eigenvalue weighted by Crippen LogP contribution is -2.50. The Kier molecular flexibility index (Phi) is 4.63. The van der Waals surface area contributed by atoms with Crippen molar-refractivity contribution in [1.82, 2.24) is 30.2 Å². The lowest BCUT2D eigenvalue weighted by molar-refractivity contribution is -0.0116. The molecule has 5 rings (SSSR count). The Bertz CT molecular complexity index is 1100. The van der Waals surface area contributed by atoms with Crippen molar-refractivity contribution < 1.29 is 9.90 Å². The third kappa shape index (κ3) is 2.94. The molecule has 1 aromatic carbocycles. The van der Waals surface area contributed by atoms with Crippen LogP contribution in [-0.4, -0.2) is 49.1 Å². The molecule has 2 aliphatic heterocycles. The number of carbonyl (C=O) groups excluding carboxylic acids is 1. The van der Waals surface area contributed by atoms with Gasteiger partial charge in [-0.15, -0.1) is 0 Å². The standard InChI is InChI=1S/C21H23ClN6O2/c1-21(19(29)17-9-16(22)8-14-12-26-28(21)18(14)17)15-3-6-27(7-4-15)20(30)23-10-13-2-5-24-25-11-13/h2,5,8-9,11-12,15,19,29H,3-4,6-7,10H2,1H3,(H,23,30)/t19-,21?/m1/s1. The van der Waals surface area contributed by atoms with Crippen LogP contribution in [-0.2, 0) is 12.1 Å². The number of carbonyl (C=O) groups is 1. The molecular weight excluding hydrogens is 404 g/mol. The number of likely N-dealkylation sites (tertiary alicyclic amines) is 1. The van der Waals surface area contributed by atoms with Gasteiger partial charge in [-0.25, -0.2) is 4.79 Å². The summed E-state index contributed by atoms with van der Waals surface area (Å²) in [6, 6.07) is 5.47. The van der Waals surface area contributed by atoms with E-state index in [0.717, 1.165) is 34.9 Å². The van der Waals surface area contributed by atoms with Crippen molar-refractivity contribution in [3.8, 4) is 0 Å². The molecule has 30 heavy (non-hydrogen) atoms. The van der Waals surface area contributed by atoms with Gasteiger partial charge in [-0.2, -0.15) is 15.3 Å². The Labute approximate surface area is 178 Å². The number of halogens is 1. The number of aliphatic hydroxyl groups is 1. The number of aromatic nitrogens is 4. The fraction of sp³-hybridized carbons (Fsp3) is 0.429. The van der Waals surface area contributed by atoms with E-state index in [2.05, 4.69) is 27.5 Å². The molecule has 1 unspecified atom stereocenters. The highest BCUT2D eigenvalue weighted by Crippen LogP contribution is 2.51. The van der Waals surface area contributed by atoms with Crippen molar-refractivity contribution in [2.24, 2.45) is 5.92 Å². The summed E-state index contributed by atoms with van der Waals surface area (Å²) in [6.45, 7) is 3.75. The van der Waals surface area contributed by atoms with Crippen molar-refractivity contribution in [2.45, 2.75) is 38.0 Å². The fourth-order valence-corrected chi connectivity index (χ4v) is 5.18. The highest BCUT2D eigenvalue weighted by atomic mass is 35.5. The second-order valence-electron chi connectivity index (χ2n) is 8.29. The predicted octanol–water partition coefficient (Wildman–Crippen LogP) is 2.86. The average molecular weight is 427 g/mol. The molecule has 8 nitrogen and oxygen atoms in total. The first-order valence-electron chi connectivity index (χ1n) is 10.1. The van der Waals surface area contributed by atoms with E-state index < -0.39 is 11.6 Å². The normalized spacial score (nSPS) is 23.8. The van der Waals surface area contributed by atoms with Gasteiger partial charge in [0.25, 0.3) is 0 Å². The quantitative estimate of drug-likeness (QED) is 0.671. The van der Waals surface area contributed by atoms with Crippen molar-refractivity contribution >= 4 is 28.5 Å². The van der Waals surface area contributed by atoms with Crippen LogP contribution < -0.4 is 5.32 Å². The second-order valence-corrected chi connectivity index (χ2v) is 8.72. The van der Waals surface area contributed by atoms with Crippen LogP contribution in [0.2, 0.25) is 5.02 Å². The maximum absolute atomic E-state index is 12.6. The number of amides is 2. The van der Waals surface area contributed by atoms with Gasteiger partial charge in [0.1, 0.15) is 6.10 Å². The third-order valence-electron chi connectivity index (χ3n) is 6.66. The highest BCUT2D eigenvalue weighted by molar-refractivity contribution is 6.31. The largest absolute Gasteiger partial charge is 0.386 e. The van der Waals surface area contributed by atoms with Gasteiger partial charge in [-0.1, -0.05) is 11.6 Å². The van der Waals surface area contributed by atoms with Gasteiger partial charge in [0.05, 0.1) is 23.4 Å². The molecule has 2 aliphatic rings. The van der Waals surface area contributed by atoms with Crippen LogP contribution in [0.15, 0.2) is 36.8 Å². The summed E-state index contributed by atoms with van der Waals surface area (Å²) in [5.41, 5.74) is 2.15. The van der Waals surface area contributed by atoms with E-state index in [4.69, 9.17) is 11.6 Å². The molecule has 0 radical (unpaired) electrons. The topological polar surface area (TPSA) is 96.2 Å². The van der Waals surface area contributed by atoms with Crippen molar-refractivity contribution in [3.05, 3.63) is 52.9 Å². The minimum atomic E-state index is -0.674. The lowest BCUT2D eigenvalue weighted by atomic mass is 9.75. The van der Waals surface area contributed by atoms with Gasteiger partial charge in [0, 0.05) is 41.8 Å². The third-order valence-corrected chi connectivity index (χ3v) is 6.88. The zero-order chi connectivity index (χ0) is 20.9. The molecule has 2 aromatic heterocycles. The van der Waals surface area contributed by atoms with E-state index in [1.807, 2.05) is 34.0 Å². The summed E-state index contributed by atoms with van der Waals surface area (Å²) in [6.07, 6.45) is 5.97. The van der Waals surface area contributed by atoms with E-state index >= 15 is 0 Å². The summed E-state index contributed by atoms with van der Waals surface area (Å²) in [5, 5.41) is 27.9. The van der Waals surface area contributed by atoms with Crippen LogP contribution in [0.1, 0.15) is 37.0 Å². The Balaban J connectivity index is 1.28. The zero-order valence-electron chi connectivity index (χ0n) is 16.6. The molecule has 0 spiro atoms. The molecule has 0 bridgehead atoms. The number of rotatable bonds is 3. The first-order valence-corrected chi connectivity index (χ1v) is 10.5. The van der Waals surface area contributed by atoms with Gasteiger partial charge in [-0.3, -0.25) is 4.68 Å². The summed E-state index contributed by atoms with van der Waals surface area (Å²) in [7, 11) is 0. The molecule has 3 aromatic rings. The lowest BCUT2D eigenvalue weighted by Gasteiger charge is -2.42. The molecule has 1 saturated heterocycles. The first kappa shape index (κ1) is 19.3. The van der Waals surface area contributed by atoms with Gasteiger partial charge in [0.2, 0.25) is 0 Å². The number of benzene rings is 1. The smallest absolute Gasteiger partial charge is 0.317 e. The molecule has 156 valence electrons. The predicted molar refractivity (Wildman–Crippen MR) is 112 cm³/mol. The van der Waals surface area contributed by atoms with Crippen LogP contribution in [0.5, 0.6) is 0 Å². The van der Waals surface area contributed by atoms with E-state index in [1.165, 1.54) is 0 Å². The Hall–Kier alpha value is -2.71. The second kappa shape index (κ2) is 7.21. The van der Waals surface area contributed by atoms with Crippen LogP contribution in [0.25, 0.3) is 10.9 Å². The number of hydrogen-bond acceptors (Lipinski definition) is 5. The van der Waals surface area contributed by atoms with E-state index in [0.29, 0.717) is 24.7 Å². The van der Waals surface area contributed by atoms with Gasteiger partial charge in [-0.05, 0) is 49.4 Å². The summed E-state index contributed by atoms with van der Waals surface area (Å²) >= 11 is 6.25. The summed E-state index contributed by atoms with van der Waals surface area (Å²) in [5.74, 6) is 0.190. The first-order chi connectivity index (χ1) is 14.5. The van der Waals surface area contributed by atoms with E-state index in [9.17, 15) is 9.90 Å². The Morgan fingerprint density at radius 2 is 2.10 bits per heavy atom. The minimum Gasteiger partial charge on any atom is -0.386 e. The van der Waals surface area contributed by atoms with Crippen LogP contribution in [0.4, 0.5) is 4.79 Å². The number of nitrogens with one attached hydrogen (secondary N) is 1. The van der Waals surface area contributed by atoms with Crippen molar-refractivity contribution in [3.63, 3.8) is 0 Å². The SMILES string of the molecule is CC1(C2CCN(C(=O)NCc3ccnnc3)CC2)[C@H](O)c2cc(Cl)cc3cnn1c23. The Morgan fingerprint density at radius 3 is 2.83 bits per heavy atom.